The van der Waals surface area contributed by atoms with Crippen LogP contribution in [-0.2, 0) is 14.3 Å². The number of halogens is 1. The van der Waals surface area contributed by atoms with Gasteiger partial charge in [-0.3, -0.25) is 4.79 Å². The molecule has 0 aliphatic carbocycles. The first kappa shape index (κ1) is 18.8. The Bertz CT molecular complexity index is 841. The molecule has 1 amide bonds. The summed E-state index contributed by atoms with van der Waals surface area (Å²) < 4.78 is 21.3. The van der Waals surface area contributed by atoms with Crippen molar-refractivity contribution in [3.8, 4) is 17.2 Å². The molecule has 1 aliphatic heterocycles. The molecule has 2 aromatic carbocycles. The number of hydrogen-bond donors (Lipinski definition) is 1. The Balaban J connectivity index is 1.50. The van der Waals surface area contributed by atoms with Crippen LogP contribution < -0.4 is 19.5 Å². The van der Waals surface area contributed by atoms with Crippen LogP contribution in [0.5, 0.6) is 17.2 Å². The van der Waals surface area contributed by atoms with E-state index in [-0.39, 0.29) is 6.61 Å². The second-order valence-corrected chi connectivity index (χ2v) is 6.11. The average Bonchev–Trinajstić information content (AvgIpc) is 2.67. The summed E-state index contributed by atoms with van der Waals surface area (Å²) in [5, 5.41) is 3.05. The third-order valence-electron chi connectivity index (χ3n) is 3.67. The van der Waals surface area contributed by atoms with Gasteiger partial charge in [0.1, 0.15) is 19.0 Å². The van der Waals surface area contributed by atoms with E-state index in [1.54, 1.807) is 42.5 Å². The van der Waals surface area contributed by atoms with E-state index >= 15 is 0 Å². The number of anilines is 1. The second-order valence-electron chi connectivity index (χ2n) is 5.70. The average molecular weight is 392 g/mol. The minimum atomic E-state index is -0.999. The van der Waals surface area contributed by atoms with E-state index in [0.717, 1.165) is 0 Å². The summed E-state index contributed by atoms with van der Waals surface area (Å²) in [5.41, 5.74) is 0.513. The van der Waals surface area contributed by atoms with Crippen molar-refractivity contribution in [1.29, 1.82) is 0 Å². The maximum absolute atomic E-state index is 12.2. The van der Waals surface area contributed by atoms with E-state index in [2.05, 4.69) is 5.32 Å². The SMILES string of the molecule is CC(OC(=O)COc1ccccc1Cl)C(=O)Nc1ccc2c(c1)OCCO2. The predicted octanol–water partition coefficient (Wildman–Crippen LogP) is 3.06. The van der Waals surface area contributed by atoms with Crippen molar-refractivity contribution < 1.29 is 28.5 Å². The molecule has 8 heteroatoms. The molecule has 27 heavy (non-hydrogen) atoms. The second kappa shape index (κ2) is 8.64. The highest BCUT2D eigenvalue weighted by molar-refractivity contribution is 6.32. The van der Waals surface area contributed by atoms with Crippen molar-refractivity contribution in [2.45, 2.75) is 13.0 Å². The lowest BCUT2D eigenvalue weighted by molar-refractivity contribution is -0.155. The summed E-state index contributed by atoms with van der Waals surface area (Å²) in [6.07, 6.45) is -0.999. The summed E-state index contributed by atoms with van der Waals surface area (Å²) in [4.78, 5) is 24.1. The number of hydrogen-bond acceptors (Lipinski definition) is 6. The number of carbonyl (C=O) groups is 2. The molecule has 2 aromatic rings. The Labute approximate surface area is 161 Å². The number of carbonyl (C=O) groups excluding carboxylic acids is 2. The minimum Gasteiger partial charge on any atom is -0.486 e. The van der Waals surface area contributed by atoms with Gasteiger partial charge in [-0.2, -0.15) is 0 Å². The van der Waals surface area contributed by atoms with E-state index in [1.165, 1.54) is 6.92 Å². The van der Waals surface area contributed by atoms with Crippen molar-refractivity contribution in [3.63, 3.8) is 0 Å². The van der Waals surface area contributed by atoms with Crippen molar-refractivity contribution >= 4 is 29.2 Å². The minimum absolute atomic E-state index is 0.356. The Morgan fingerprint density at radius 3 is 2.67 bits per heavy atom. The molecular formula is C19H18ClNO6. The highest BCUT2D eigenvalue weighted by Crippen LogP contribution is 2.32. The van der Waals surface area contributed by atoms with Crippen molar-refractivity contribution in [2.24, 2.45) is 0 Å². The number of esters is 1. The van der Waals surface area contributed by atoms with E-state index in [4.69, 9.17) is 30.5 Å². The highest BCUT2D eigenvalue weighted by Gasteiger charge is 2.20. The Hall–Kier alpha value is -2.93. The summed E-state index contributed by atoms with van der Waals surface area (Å²) in [7, 11) is 0. The van der Waals surface area contributed by atoms with Crippen molar-refractivity contribution in [3.05, 3.63) is 47.5 Å². The Morgan fingerprint density at radius 2 is 1.89 bits per heavy atom. The van der Waals surface area contributed by atoms with E-state index < -0.39 is 18.0 Å². The van der Waals surface area contributed by atoms with Crippen LogP contribution in [0.3, 0.4) is 0 Å². The fourth-order valence-electron chi connectivity index (χ4n) is 2.35. The zero-order chi connectivity index (χ0) is 19.2. The van der Waals surface area contributed by atoms with Gasteiger partial charge in [-0.05, 0) is 31.2 Å². The molecule has 1 N–H and O–H groups in total. The molecule has 1 unspecified atom stereocenters. The highest BCUT2D eigenvalue weighted by atomic mass is 35.5. The Morgan fingerprint density at radius 1 is 1.15 bits per heavy atom. The van der Waals surface area contributed by atoms with E-state index in [1.807, 2.05) is 0 Å². The molecule has 0 bridgehead atoms. The third kappa shape index (κ3) is 5.04. The lowest BCUT2D eigenvalue weighted by Gasteiger charge is -2.19. The van der Waals surface area contributed by atoms with E-state index in [0.29, 0.717) is 41.2 Å². The zero-order valence-electron chi connectivity index (χ0n) is 14.6. The maximum Gasteiger partial charge on any atom is 0.344 e. The van der Waals surface area contributed by atoms with Crippen LogP contribution in [0, 0.1) is 0 Å². The molecule has 0 saturated carbocycles. The van der Waals surface area contributed by atoms with Gasteiger partial charge in [0, 0.05) is 11.8 Å². The van der Waals surface area contributed by atoms with Crippen LogP contribution in [0.2, 0.25) is 5.02 Å². The number of amides is 1. The summed E-state index contributed by atoms with van der Waals surface area (Å²) >= 11 is 5.94. The molecule has 0 radical (unpaired) electrons. The lowest BCUT2D eigenvalue weighted by atomic mass is 10.2. The molecule has 142 valence electrons. The molecule has 0 saturated heterocycles. The first-order chi connectivity index (χ1) is 13.0. The van der Waals surface area contributed by atoms with Crippen molar-refractivity contribution in [1.82, 2.24) is 0 Å². The molecular weight excluding hydrogens is 374 g/mol. The van der Waals surface area contributed by atoms with E-state index in [9.17, 15) is 9.59 Å². The fraction of sp³-hybridized carbons (Fsp3) is 0.263. The Kier molecular flexibility index (Phi) is 6.03. The smallest absolute Gasteiger partial charge is 0.344 e. The standard InChI is InChI=1S/C19H18ClNO6/c1-12(27-18(22)11-26-15-5-3-2-4-14(15)20)19(23)21-13-6-7-16-17(10-13)25-9-8-24-16/h2-7,10,12H,8-9,11H2,1H3,(H,21,23). The quantitative estimate of drug-likeness (QED) is 0.762. The van der Waals surface area contributed by atoms with Gasteiger partial charge in [0.15, 0.2) is 24.2 Å². The van der Waals surface area contributed by atoms with Crippen LogP contribution in [0.4, 0.5) is 5.69 Å². The fourth-order valence-corrected chi connectivity index (χ4v) is 2.54. The summed E-state index contributed by atoms with van der Waals surface area (Å²) in [6.45, 7) is 2.05. The molecule has 1 atom stereocenters. The number of fused-ring (bicyclic) bond motifs is 1. The molecule has 0 fully saturated rings. The number of nitrogens with one attached hydrogen (secondary N) is 1. The van der Waals surface area contributed by atoms with Crippen LogP contribution in [0.15, 0.2) is 42.5 Å². The molecule has 7 nitrogen and oxygen atoms in total. The molecule has 1 heterocycles. The monoisotopic (exact) mass is 391 g/mol. The maximum atomic E-state index is 12.2. The topological polar surface area (TPSA) is 83.1 Å². The van der Waals surface area contributed by atoms with Gasteiger partial charge in [0.25, 0.3) is 5.91 Å². The van der Waals surface area contributed by atoms with Gasteiger partial charge in [0.2, 0.25) is 0 Å². The first-order valence-electron chi connectivity index (χ1n) is 8.30. The zero-order valence-corrected chi connectivity index (χ0v) is 15.3. The van der Waals surface area contributed by atoms with Gasteiger partial charge in [-0.15, -0.1) is 0 Å². The summed E-state index contributed by atoms with van der Waals surface area (Å²) in [5.74, 6) is 0.384. The van der Waals surface area contributed by atoms with Gasteiger partial charge in [-0.25, -0.2) is 4.79 Å². The van der Waals surface area contributed by atoms with Gasteiger partial charge in [0.05, 0.1) is 5.02 Å². The summed E-state index contributed by atoms with van der Waals surface area (Å²) in [6, 6.07) is 11.8. The van der Waals surface area contributed by atoms with Crippen LogP contribution in [0.25, 0.3) is 0 Å². The number of benzene rings is 2. The normalized spacial score (nSPS) is 13.4. The van der Waals surface area contributed by atoms with Crippen LogP contribution >= 0.6 is 11.6 Å². The predicted molar refractivity (Wildman–Crippen MR) is 98.6 cm³/mol. The molecule has 0 spiro atoms. The molecule has 3 rings (SSSR count). The number of rotatable bonds is 6. The van der Waals surface area contributed by atoms with Gasteiger partial charge < -0.3 is 24.3 Å². The van der Waals surface area contributed by atoms with Crippen LogP contribution in [-0.4, -0.2) is 37.8 Å². The number of para-hydroxylation sites is 1. The molecule has 0 aromatic heterocycles. The van der Waals surface area contributed by atoms with Crippen molar-refractivity contribution in [2.75, 3.05) is 25.1 Å². The van der Waals surface area contributed by atoms with Gasteiger partial charge in [-0.1, -0.05) is 23.7 Å². The van der Waals surface area contributed by atoms with Gasteiger partial charge >= 0.3 is 5.97 Å². The largest absolute Gasteiger partial charge is 0.486 e. The third-order valence-corrected chi connectivity index (χ3v) is 3.98. The number of ether oxygens (including phenoxy) is 4. The first-order valence-corrected chi connectivity index (χ1v) is 8.68. The van der Waals surface area contributed by atoms with Crippen LogP contribution in [0.1, 0.15) is 6.92 Å². The lowest BCUT2D eigenvalue weighted by Crippen LogP contribution is -2.31. The molecule has 1 aliphatic rings.